The van der Waals surface area contributed by atoms with Crippen LogP contribution < -0.4 is 16.0 Å². The van der Waals surface area contributed by atoms with Gasteiger partial charge in [-0.3, -0.25) is 0 Å². The number of halogens is 1. The summed E-state index contributed by atoms with van der Waals surface area (Å²) in [6, 6.07) is 16.2. The Morgan fingerprint density at radius 3 is 1.97 bits per heavy atom. The van der Waals surface area contributed by atoms with Crippen molar-refractivity contribution in [2.75, 3.05) is 35.1 Å². The van der Waals surface area contributed by atoms with Gasteiger partial charge in [0.1, 0.15) is 0 Å². The molecule has 2 aliphatic heterocycles. The Labute approximate surface area is 206 Å². The number of fused-ring (bicyclic) bond motifs is 2. The van der Waals surface area contributed by atoms with Gasteiger partial charge in [0.05, 0.1) is 0 Å². The number of benzene rings is 3. The number of hydrogen-bond acceptors (Lipinski definition) is 4. The third-order valence-electron chi connectivity index (χ3n) is 7.27. The normalized spacial score (nSPS) is 18.3. The van der Waals surface area contributed by atoms with Crippen LogP contribution in [0, 0.1) is 34.6 Å². The molecule has 3 aromatic carbocycles. The van der Waals surface area contributed by atoms with Crippen molar-refractivity contribution < 1.29 is 0 Å². The average molecular weight is 555 g/mol. The second kappa shape index (κ2) is 7.83. The topological polar surface area (TPSA) is 13.0 Å². The van der Waals surface area contributed by atoms with Crippen molar-refractivity contribution in [1.82, 2.24) is 0 Å². The minimum atomic E-state index is -1.59. The molecule has 0 radical (unpaired) electrons. The molecular formula is C28H35IN4. The molecule has 1 atom stereocenters. The zero-order chi connectivity index (χ0) is 23.8. The van der Waals surface area contributed by atoms with E-state index >= 15 is 0 Å². The van der Waals surface area contributed by atoms with Crippen molar-refractivity contribution in [3.63, 3.8) is 0 Å². The summed E-state index contributed by atoms with van der Waals surface area (Å²) < 4.78 is 5.24. The molecule has 5 heteroatoms. The number of anilines is 6. The van der Waals surface area contributed by atoms with E-state index < -0.39 is 20.4 Å². The van der Waals surface area contributed by atoms with Gasteiger partial charge < -0.3 is 0 Å². The molecule has 0 unspecified atom stereocenters. The van der Waals surface area contributed by atoms with E-state index in [0.717, 1.165) is 0 Å². The fraction of sp³-hybridized carbons (Fsp3) is 0.357. The SMILES string of the molecule is Cc1cc(C)c2c(c1)N(c1cccc(N3c4cc(C)cc(C)c4N(C)I3C)c1C)[C@@H](C)N2C. The monoisotopic (exact) mass is 554 g/mol. The van der Waals surface area contributed by atoms with E-state index in [1.807, 2.05) is 0 Å². The summed E-state index contributed by atoms with van der Waals surface area (Å²) in [7, 11) is 4.50. The first-order valence-corrected chi connectivity index (χ1v) is 15.7. The van der Waals surface area contributed by atoms with E-state index in [1.54, 1.807) is 0 Å². The minimum absolute atomic E-state index is 0.267. The Hall–Kier alpha value is -2.41. The molecule has 2 aliphatic rings. The van der Waals surface area contributed by atoms with Crippen molar-refractivity contribution in [1.29, 1.82) is 0 Å². The van der Waals surface area contributed by atoms with Gasteiger partial charge >= 0.3 is 208 Å². The van der Waals surface area contributed by atoms with Crippen molar-refractivity contribution in [2.24, 2.45) is 0 Å². The Kier molecular flexibility index (Phi) is 5.31. The summed E-state index contributed by atoms with van der Waals surface area (Å²) in [5, 5.41) is 0. The van der Waals surface area contributed by atoms with Gasteiger partial charge in [-0.25, -0.2) is 0 Å². The summed E-state index contributed by atoms with van der Waals surface area (Å²) in [5.41, 5.74) is 14.8. The van der Waals surface area contributed by atoms with Gasteiger partial charge in [0, 0.05) is 0 Å². The van der Waals surface area contributed by atoms with Crippen LogP contribution in [0.4, 0.5) is 34.1 Å². The van der Waals surface area contributed by atoms with Crippen molar-refractivity contribution in [3.05, 3.63) is 70.3 Å². The van der Waals surface area contributed by atoms with E-state index in [2.05, 4.69) is 119 Å². The van der Waals surface area contributed by atoms with Crippen LogP contribution in [-0.4, -0.2) is 25.2 Å². The van der Waals surface area contributed by atoms with Crippen molar-refractivity contribution >= 4 is 54.5 Å². The van der Waals surface area contributed by atoms with Crippen LogP contribution in [0.15, 0.2) is 42.5 Å². The van der Waals surface area contributed by atoms with Gasteiger partial charge in [-0.05, 0) is 0 Å². The van der Waals surface area contributed by atoms with Crippen LogP contribution in [0.1, 0.15) is 34.7 Å². The standard InChI is InChI=1S/C28H35IN4/c1-17-13-19(3)27-25(15-17)32(22(6)30(27)8)23-11-10-12-24(21(23)5)33-26-16-18(2)14-20(4)28(26)31(9)29(33)7/h10-16,22H,1-9H3/t22-/m0/s1. The van der Waals surface area contributed by atoms with Crippen LogP contribution in [0.5, 0.6) is 0 Å². The number of hydrogen-bond donors (Lipinski definition) is 0. The first-order chi connectivity index (χ1) is 15.6. The molecule has 0 N–H and O–H groups in total. The molecule has 0 aromatic heterocycles. The fourth-order valence-corrected chi connectivity index (χ4v) is 10.0. The van der Waals surface area contributed by atoms with Gasteiger partial charge in [0.15, 0.2) is 0 Å². The molecule has 5 rings (SSSR count). The second-order valence-corrected chi connectivity index (χ2v) is 14.4. The zero-order valence-electron chi connectivity index (χ0n) is 21.3. The second-order valence-electron chi connectivity index (χ2n) is 9.60. The predicted octanol–water partition coefficient (Wildman–Crippen LogP) is 7.72. The quantitative estimate of drug-likeness (QED) is 0.183. The Morgan fingerprint density at radius 2 is 1.30 bits per heavy atom. The van der Waals surface area contributed by atoms with E-state index in [9.17, 15) is 0 Å². The van der Waals surface area contributed by atoms with E-state index in [0.29, 0.717) is 0 Å². The van der Waals surface area contributed by atoms with Gasteiger partial charge in [-0.1, -0.05) is 0 Å². The van der Waals surface area contributed by atoms with Crippen molar-refractivity contribution in [3.8, 4) is 0 Å². The molecule has 4 nitrogen and oxygen atoms in total. The summed E-state index contributed by atoms with van der Waals surface area (Å²) in [5.74, 6) is 0. The molecular weight excluding hydrogens is 519 g/mol. The molecule has 0 amide bonds. The molecule has 174 valence electrons. The van der Waals surface area contributed by atoms with Crippen molar-refractivity contribution in [2.45, 2.75) is 47.7 Å². The molecule has 0 saturated heterocycles. The molecule has 33 heavy (non-hydrogen) atoms. The van der Waals surface area contributed by atoms with Crippen LogP contribution in [0.2, 0.25) is 0 Å². The number of alkyl halides is 1. The van der Waals surface area contributed by atoms with Gasteiger partial charge in [-0.2, -0.15) is 0 Å². The summed E-state index contributed by atoms with van der Waals surface area (Å²) in [6.45, 7) is 13.5. The van der Waals surface area contributed by atoms with Crippen LogP contribution in [-0.2, 0) is 0 Å². The Morgan fingerprint density at radius 1 is 0.727 bits per heavy atom. The first-order valence-electron chi connectivity index (χ1n) is 11.6. The van der Waals surface area contributed by atoms with E-state index in [4.69, 9.17) is 0 Å². The van der Waals surface area contributed by atoms with Crippen LogP contribution in [0.25, 0.3) is 0 Å². The number of rotatable bonds is 2. The molecule has 2 heterocycles. The fourth-order valence-electron chi connectivity index (χ4n) is 5.67. The van der Waals surface area contributed by atoms with E-state index in [1.165, 1.54) is 61.9 Å². The number of nitrogens with zero attached hydrogens (tertiary/aromatic N) is 4. The van der Waals surface area contributed by atoms with Crippen LogP contribution in [0.3, 0.4) is 0 Å². The maximum absolute atomic E-state index is 2.67. The summed E-state index contributed by atoms with van der Waals surface area (Å²) in [6.07, 6.45) is 0.267. The number of aryl methyl sites for hydroxylation is 4. The molecule has 0 aliphatic carbocycles. The Bertz CT molecular complexity index is 1170. The first kappa shape index (κ1) is 22.4. The third kappa shape index (κ3) is 3.22. The molecule has 3 aromatic rings. The predicted molar refractivity (Wildman–Crippen MR) is 154 cm³/mol. The van der Waals surface area contributed by atoms with Gasteiger partial charge in [-0.15, -0.1) is 0 Å². The molecule has 0 spiro atoms. The molecule has 0 bridgehead atoms. The molecule has 0 fully saturated rings. The average Bonchev–Trinajstić information content (AvgIpc) is 3.13. The zero-order valence-corrected chi connectivity index (χ0v) is 23.4. The van der Waals surface area contributed by atoms with Crippen LogP contribution >= 0.6 is 20.4 Å². The maximum atomic E-state index is 2.67. The van der Waals surface area contributed by atoms with Gasteiger partial charge in [0.2, 0.25) is 0 Å². The summed E-state index contributed by atoms with van der Waals surface area (Å²) >= 11 is -1.59. The summed E-state index contributed by atoms with van der Waals surface area (Å²) in [4.78, 5) is 7.41. The molecule has 0 saturated carbocycles. The third-order valence-corrected chi connectivity index (χ3v) is 12.3. The van der Waals surface area contributed by atoms with Gasteiger partial charge in [0.25, 0.3) is 0 Å². The Balaban J connectivity index is 1.68. The van der Waals surface area contributed by atoms with E-state index in [-0.39, 0.29) is 6.17 Å².